The van der Waals surface area contributed by atoms with Crippen molar-refractivity contribution in [1.29, 1.82) is 0 Å². The molecule has 0 radical (unpaired) electrons. The van der Waals surface area contributed by atoms with Gasteiger partial charge < -0.3 is 10.3 Å². The fourth-order valence-corrected chi connectivity index (χ4v) is 3.08. The molecule has 0 aliphatic rings. The van der Waals surface area contributed by atoms with Crippen molar-refractivity contribution in [2.75, 3.05) is 6.54 Å². The molecule has 1 amide bonds. The first-order chi connectivity index (χ1) is 10.1. The predicted octanol–water partition coefficient (Wildman–Crippen LogP) is 3.47. The summed E-state index contributed by atoms with van der Waals surface area (Å²) in [5, 5.41) is 7.10. The molecule has 1 atom stereocenters. The first-order valence-corrected chi connectivity index (χ1v) is 7.79. The van der Waals surface area contributed by atoms with Gasteiger partial charge in [-0.1, -0.05) is 25.1 Å². The quantitative estimate of drug-likeness (QED) is 0.775. The maximum atomic E-state index is 12.2. The number of amides is 1. The Morgan fingerprint density at radius 2 is 2.24 bits per heavy atom. The van der Waals surface area contributed by atoms with Gasteiger partial charge in [0.2, 0.25) is 0 Å². The number of para-hydroxylation sites is 1. The number of H-pyrrole nitrogens is 1. The van der Waals surface area contributed by atoms with Crippen molar-refractivity contribution in [2.45, 2.75) is 19.8 Å². The molecule has 0 spiro atoms. The van der Waals surface area contributed by atoms with E-state index in [-0.39, 0.29) is 11.8 Å². The third-order valence-corrected chi connectivity index (χ3v) is 4.60. The molecule has 3 rings (SSSR count). The van der Waals surface area contributed by atoms with E-state index < -0.39 is 0 Å². The van der Waals surface area contributed by atoms with Crippen molar-refractivity contribution in [1.82, 2.24) is 15.3 Å². The number of rotatable bonds is 4. The van der Waals surface area contributed by atoms with Gasteiger partial charge in [-0.25, -0.2) is 4.98 Å². The minimum atomic E-state index is -0.0775. The molecule has 5 heteroatoms. The van der Waals surface area contributed by atoms with E-state index in [9.17, 15) is 4.79 Å². The van der Waals surface area contributed by atoms with Crippen molar-refractivity contribution in [2.24, 2.45) is 0 Å². The van der Waals surface area contributed by atoms with Gasteiger partial charge >= 0.3 is 0 Å². The SMILES string of the molecule is Cc1csc(C(C)CNC(=O)c2cc3ccccc3[nH]2)n1. The van der Waals surface area contributed by atoms with Gasteiger partial charge in [-0.2, -0.15) is 0 Å². The highest BCUT2D eigenvalue weighted by Gasteiger charge is 2.13. The predicted molar refractivity (Wildman–Crippen MR) is 85.9 cm³/mol. The van der Waals surface area contributed by atoms with Crippen molar-refractivity contribution in [3.05, 3.63) is 52.1 Å². The maximum absolute atomic E-state index is 12.2. The second-order valence-corrected chi connectivity index (χ2v) is 6.10. The average Bonchev–Trinajstić information content (AvgIpc) is 3.10. The lowest BCUT2D eigenvalue weighted by Gasteiger charge is -2.09. The summed E-state index contributed by atoms with van der Waals surface area (Å²) in [6.45, 7) is 4.64. The van der Waals surface area contributed by atoms with E-state index in [2.05, 4.69) is 22.2 Å². The summed E-state index contributed by atoms with van der Waals surface area (Å²) < 4.78 is 0. The Kier molecular flexibility index (Phi) is 3.75. The lowest BCUT2D eigenvalue weighted by molar-refractivity contribution is 0.0947. The summed E-state index contributed by atoms with van der Waals surface area (Å²) in [4.78, 5) is 19.8. The molecule has 0 fully saturated rings. The van der Waals surface area contributed by atoms with Crippen molar-refractivity contribution in [3.8, 4) is 0 Å². The normalized spacial score (nSPS) is 12.5. The van der Waals surface area contributed by atoms with Gasteiger partial charge in [0.15, 0.2) is 0 Å². The van der Waals surface area contributed by atoms with E-state index in [0.717, 1.165) is 21.6 Å². The number of fused-ring (bicyclic) bond motifs is 1. The monoisotopic (exact) mass is 299 g/mol. The third kappa shape index (κ3) is 2.97. The maximum Gasteiger partial charge on any atom is 0.267 e. The molecule has 4 nitrogen and oxygen atoms in total. The molecule has 2 N–H and O–H groups in total. The number of thiazole rings is 1. The second kappa shape index (κ2) is 5.69. The molecule has 0 saturated heterocycles. The lowest BCUT2D eigenvalue weighted by atomic mass is 10.2. The molecule has 21 heavy (non-hydrogen) atoms. The van der Waals surface area contributed by atoms with Crippen LogP contribution in [0.5, 0.6) is 0 Å². The van der Waals surface area contributed by atoms with Crippen LogP contribution in [0.15, 0.2) is 35.7 Å². The number of aryl methyl sites for hydroxylation is 1. The summed E-state index contributed by atoms with van der Waals surface area (Å²) in [5.41, 5.74) is 2.61. The van der Waals surface area contributed by atoms with Crippen LogP contribution in [-0.2, 0) is 0 Å². The average molecular weight is 299 g/mol. The molecular weight excluding hydrogens is 282 g/mol. The Morgan fingerprint density at radius 3 is 2.95 bits per heavy atom. The highest BCUT2D eigenvalue weighted by atomic mass is 32.1. The minimum absolute atomic E-state index is 0.0775. The van der Waals surface area contributed by atoms with Crippen LogP contribution in [0.1, 0.15) is 34.0 Å². The van der Waals surface area contributed by atoms with Gasteiger partial charge in [0.1, 0.15) is 5.69 Å². The van der Waals surface area contributed by atoms with Crippen molar-refractivity contribution >= 4 is 28.1 Å². The zero-order chi connectivity index (χ0) is 14.8. The van der Waals surface area contributed by atoms with E-state index in [1.165, 1.54) is 0 Å². The standard InChI is InChI=1S/C16H17N3OS/c1-10(16-18-11(2)9-21-16)8-17-15(20)14-7-12-5-3-4-6-13(12)19-14/h3-7,9-10,19H,8H2,1-2H3,(H,17,20). The summed E-state index contributed by atoms with van der Waals surface area (Å²) in [7, 11) is 0. The van der Waals surface area contributed by atoms with E-state index >= 15 is 0 Å². The molecule has 0 bridgehead atoms. The van der Waals surface area contributed by atoms with Crippen LogP contribution in [0.4, 0.5) is 0 Å². The van der Waals surface area contributed by atoms with Crippen LogP contribution in [0.25, 0.3) is 10.9 Å². The number of aromatic amines is 1. The van der Waals surface area contributed by atoms with Crippen LogP contribution in [0, 0.1) is 6.92 Å². The zero-order valence-electron chi connectivity index (χ0n) is 12.0. The number of carbonyl (C=O) groups excluding carboxylic acids is 1. The molecule has 2 heterocycles. The largest absolute Gasteiger partial charge is 0.351 e. The Bertz CT molecular complexity index is 742. The number of carbonyl (C=O) groups is 1. The molecule has 108 valence electrons. The highest BCUT2D eigenvalue weighted by molar-refractivity contribution is 7.09. The number of hydrogen-bond acceptors (Lipinski definition) is 3. The van der Waals surface area contributed by atoms with Crippen molar-refractivity contribution in [3.63, 3.8) is 0 Å². The van der Waals surface area contributed by atoms with E-state index in [1.807, 2.05) is 42.6 Å². The summed E-state index contributed by atoms with van der Waals surface area (Å²) in [6, 6.07) is 9.75. The summed E-state index contributed by atoms with van der Waals surface area (Å²) in [6.07, 6.45) is 0. The Labute approximate surface area is 127 Å². The second-order valence-electron chi connectivity index (χ2n) is 5.21. The number of benzene rings is 1. The van der Waals surface area contributed by atoms with E-state index in [0.29, 0.717) is 12.2 Å². The van der Waals surface area contributed by atoms with Crippen molar-refractivity contribution < 1.29 is 4.79 Å². The van der Waals surface area contributed by atoms with Gasteiger partial charge in [0, 0.05) is 34.4 Å². The minimum Gasteiger partial charge on any atom is -0.351 e. The summed E-state index contributed by atoms with van der Waals surface area (Å²) >= 11 is 1.64. The Hall–Kier alpha value is -2.14. The first-order valence-electron chi connectivity index (χ1n) is 6.91. The lowest BCUT2D eigenvalue weighted by Crippen LogP contribution is -2.27. The van der Waals surface area contributed by atoms with Crippen LogP contribution >= 0.6 is 11.3 Å². The third-order valence-electron chi connectivity index (χ3n) is 3.40. The van der Waals surface area contributed by atoms with Crippen LogP contribution in [0.2, 0.25) is 0 Å². The van der Waals surface area contributed by atoms with Crippen LogP contribution < -0.4 is 5.32 Å². The number of hydrogen-bond donors (Lipinski definition) is 2. The molecule has 2 aromatic heterocycles. The number of nitrogens with zero attached hydrogens (tertiary/aromatic N) is 1. The van der Waals surface area contributed by atoms with Gasteiger partial charge in [-0.05, 0) is 19.1 Å². The van der Waals surface area contributed by atoms with E-state index in [4.69, 9.17) is 0 Å². The number of aromatic nitrogens is 2. The number of nitrogens with one attached hydrogen (secondary N) is 2. The fraction of sp³-hybridized carbons (Fsp3) is 0.250. The Morgan fingerprint density at radius 1 is 1.43 bits per heavy atom. The molecule has 1 aromatic carbocycles. The van der Waals surface area contributed by atoms with Gasteiger partial charge in [0.05, 0.1) is 5.01 Å². The van der Waals surface area contributed by atoms with Crippen LogP contribution in [-0.4, -0.2) is 22.4 Å². The van der Waals surface area contributed by atoms with Gasteiger partial charge in [-0.3, -0.25) is 4.79 Å². The first kappa shape index (κ1) is 13.8. The van der Waals surface area contributed by atoms with Gasteiger partial charge in [0.25, 0.3) is 5.91 Å². The summed E-state index contributed by atoms with van der Waals surface area (Å²) in [5.74, 6) is 0.142. The molecular formula is C16H17N3OS. The Balaban J connectivity index is 1.66. The molecule has 1 unspecified atom stereocenters. The van der Waals surface area contributed by atoms with Crippen LogP contribution in [0.3, 0.4) is 0 Å². The smallest absolute Gasteiger partial charge is 0.267 e. The molecule has 3 aromatic rings. The highest BCUT2D eigenvalue weighted by Crippen LogP contribution is 2.19. The van der Waals surface area contributed by atoms with Gasteiger partial charge in [-0.15, -0.1) is 11.3 Å². The molecule has 0 saturated carbocycles. The zero-order valence-corrected chi connectivity index (χ0v) is 12.8. The fourth-order valence-electron chi connectivity index (χ4n) is 2.22. The molecule has 0 aliphatic carbocycles. The topological polar surface area (TPSA) is 57.8 Å². The molecule has 0 aliphatic heterocycles. The van der Waals surface area contributed by atoms with E-state index in [1.54, 1.807) is 11.3 Å².